The van der Waals surface area contributed by atoms with Gasteiger partial charge in [0.1, 0.15) is 0 Å². The molecule has 3 rings (SSSR count). The summed E-state index contributed by atoms with van der Waals surface area (Å²) in [5, 5.41) is 21.9. The van der Waals surface area contributed by atoms with E-state index < -0.39 is 4.92 Å². The topological polar surface area (TPSA) is 97.3 Å². The van der Waals surface area contributed by atoms with E-state index in [1.807, 2.05) is 7.05 Å². The van der Waals surface area contributed by atoms with E-state index in [1.165, 1.54) is 6.07 Å². The quantitative estimate of drug-likeness (QED) is 0.679. The van der Waals surface area contributed by atoms with Crippen LogP contribution in [0, 0.1) is 10.1 Å². The third kappa shape index (κ3) is 2.31. The smallest absolute Gasteiger partial charge is 0.300 e. The van der Waals surface area contributed by atoms with Gasteiger partial charge in [-0.2, -0.15) is 0 Å². The van der Waals surface area contributed by atoms with Crippen LogP contribution in [0.4, 0.5) is 11.4 Å². The maximum absolute atomic E-state index is 11.0. The monoisotopic (exact) mass is 291 g/mol. The van der Waals surface area contributed by atoms with Crippen molar-refractivity contribution in [3.8, 4) is 0 Å². The minimum atomic E-state index is -0.468. The molecular formula is C13H17N5O3. The summed E-state index contributed by atoms with van der Waals surface area (Å²) < 4.78 is 4.71. The molecule has 0 spiro atoms. The highest BCUT2D eigenvalue weighted by Crippen LogP contribution is 2.33. The molecule has 1 fully saturated rings. The Bertz CT molecular complexity index is 675. The van der Waals surface area contributed by atoms with Crippen LogP contribution in [0.3, 0.4) is 0 Å². The second-order valence-electron chi connectivity index (χ2n) is 5.62. The van der Waals surface area contributed by atoms with Crippen molar-refractivity contribution in [3.63, 3.8) is 0 Å². The molecule has 1 aliphatic rings. The van der Waals surface area contributed by atoms with Crippen LogP contribution >= 0.6 is 0 Å². The van der Waals surface area contributed by atoms with Gasteiger partial charge in [0.2, 0.25) is 5.52 Å². The number of hydrogen-bond acceptors (Lipinski definition) is 7. The highest BCUT2D eigenvalue weighted by Gasteiger charge is 2.30. The van der Waals surface area contributed by atoms with E-state index in [-0.39, 0.29) is 16.7 Å². The van der Waals surface area contributed by atoms with E-state index in [1.54, 1.807) is 6.07 Å². The predicted octanol–water partition coefficient (Wildman–Crippen LogP) is 1.71. The molecule has 8 heteroatoms. The highest BCUT2D eigenvalue weighted by molar-refractivity contribution is 5.93. The van der Waals surface area contributed by atoms with Crippen molar-refractivity contribution in [2.45, 2.75) is 25.3 Å². The molecular weight excluding hydrogens is 274 g/mol. The normalized spacial score (nSPS) is 18.1. The van der Waals surface area contributed by atoms with E-state index in [4.69, 9.17) is 4.63 Å². The summed E-state index contributed by atoms with van der Waals surface area (Å²) >= 11 is 0. The van der Waals surface area contributed by atoms with Crippen molar-refractivity contribution in [1.82, 2.24) is 15.6 Å². The van der Waals surface area contributed by atoms with Gasteiger partial charge in [-0.25, -0.2) is 4.63 Å². The lowest BCUT2D eigenvalue weighted by molar-refractivity contribution is -0.383. The zero-order chi connectivity index (χ0) is 15.0. The van der Waals surface area contributed by atoms with Gasteiger partial charge in [-0.15, -0.1) is 0 Å². The number of nitro groups is 1. The van der Waals surface area contributed by atoms with Gasteiger partial charge in [-0.3, -0.25) is 10.1 Å². The van der Waals surface area contributed by atoms with Crippen molar-refractivity contribution in [2.24, 2.45) is 0 Å². The fourth-order valence-corrected chi connectivity index (χ4v) is 2.73. The van der Waals surface area contributed by atoms with Crippen LogP contribution in [0.2, 0.25) is 0 Å². The number of non-ortho nitro benzene ring substituents is 1. The lowest BCUT2D eigenvalue weighted by atomic mass is 9.89. The van der Waals surface area contributed by atoms with Crippen molar-refractivity contribution >= 4 is 22.4 Å². The summed E-state index contributed by atoms with van der Waals surface area (Å²) in [6.07, 6.45) is 1.99. The Morgan fingerprint density at radius 1 is 1.33 bits per heavy atom. The van der Waals surface area contributed by atoms with Crippen LogP contribution in [0.5, 0.6) is 0 Å². The number of piperidine rings is 1. The number of anilines is 1. The molecule has 0 amide bonds. The lowest BCUT2D eigenvalue weighted by Gasteiger charge is -2.40. The van der Waals surface area contributed by atoms with Gasteiger partial charge in [0.05, 0.1) is 10.6 Å². The molecule has 1 saturated heterocycles. The highest BCUT2D eigenvalue weighted by atomic mass is 16.6. The number of rotatable bonds is 3. The molecule has 0 aliphatic carbocycles. The Balaban J connectivity index is 1.94. The number of nitrogens with zero attached hydrogens (tertiary/aromatic N) is 4. The van der Waals surface area contributed by atoms with Crippen LogP contribution in [-0.4, -0.2) is 40.9 Å². The number of benzene rings is 1. The molecule has 0 atom stereocenters. The van der Waals surface area contributed by atoms with Gasteiger partial charge in [0.25, 0.3) is 0 Å². The van der Waals surface area contributed by atoms with Crippen molar-refractivity contribution < 1.29 is 9.55 Å². The SMILES string of the molecule is CNC1(C)CCN(c2ccc([N+](=O)[O-])c3nonc23)CC1. The summed E-state index contributed by atoms with van der Waals surface area (Å²) in [6.45, 7) is 3.92. The molecule has 1 aromatic carbocycles. The first-order valence-corrected chi connectivity index (χ1v) is 6.87. The first-order chi connectivity index (χ1) is 10.0. The summed E-state index contributed by atoms with van der Waals surface area (Å²) in [4.78, 5) is 12.7. The first kappa shape index (κ1) is 13.7. The molecule has 0 radical (unpaired) electrons. The fourth-order valence-electron chi connectivity index (χ4n) is 2.73. The average Bonchev–Trinajstić information content (AvgIpc) is 2.96. The Hall–Kier alpha value is -2.22. The molecule has 112 valence electrons. The lowest BCUT2D eigenvalue weighted by Crippen LogP contribution is -2.50. The van der Waals surface area contributed by atoms with Gasteiger partial charge in [0.15, 0.2) is 5.52 Å². The zero-order valence-electron chi connectivity index (χ0n) is 12.0. The second kappa shape index (κ2) is 4.96. The molecule has 0 bridgehead atoms. The molecule has 1 aromatic heterocycles. The van der Waals surface area contributed by atoms with Gasteiger partial charge < -0.3 is 10.2 Å². The second-order valence-corrected chi connectivity index (χ2v) is 5.62. The molecule has 2 aromatic rings. The molecule has 0 saturated carbocycles. The van der Waals surface area contributed by atoms with Crippen molar-refractivity contribution in [1.29, 1.82) is 0 Å². The summed E-state index contributed by atoms with van der Waals surface area (Å²) in [5.74, 6) is 0. The van der Waals surface area contributed by atoms with Crippen LogP contribution in [0.25, 0.3) is 11.0 Å². The Labute approximate surface area is 121 Å². The van der Waals surface area contributed by atoms with E-state index in [2.05, 4.69) is 27.5 Å². The molecule has 1 aliphatic heterocycles. The molecule has 1 N–H and O–H groups in total. The van der Waals surface area contributed by atoms with E-state index >= 15 is 0 Å². The maximum Gasteiger partial charge on any atom is 0.300 e. The Morgan fingerprint density at radius 3 is 2.62 bits per heavy atom. The van der Waals surface area contributed by atoms with Crippen LogP contribution < -0.4 is 10.2 Å². The molecule has 21 heavy (non-hydrogen) atoms. The van der Waals surface area contributed by atoms with Gasteiger partial charge in [-0.1, -0.05) is 0 Å². The number of nitro benzene ring substituents is 1. The van der Waals surface area contributed by atoms with Crippen molar-refractivity contribution in [2.75, 3.05) is 25.0 Å². The molecule has 2 heterocycles. The summed E-state index contributed by atoms with van der Waals surface area (Å²) in [6, 6.07) is 3.19. The first-order valence-electron chi connectivity index (χ1n) is 6.87. The summed E-state index contributed by atoms with van der Waals surface area (Å²) in [7, 11) is 1.97. The maximum atomic E-state index is 11.0. The Morgan fingerprint density at radius 2 is 2.00 bits per heavy atom. The number of aromatic nitrogens is 2. The zero-order valence-corrected chi connectivity index (χ0v) is 12.0. The standard InChI is InChI=1S/C13H17N5O3/c1-13(14-2)5-7-17(8-6-13)9-3-4-10(18(19)20)12-11(9)15-21-16-12/h3-4,14H,5-8H2,1-2H3. The minimum Gasteiger partial charge on any atom is -0.369 e. The molecule has 8 nitrogen and oxygen atoms in total. The Kier molecular flexibility index (Phi) is 3.25. The van der Waals surface area contributed by atoms with Crippen LogP contribution in [0.1, 0.15) is 19.8 Å². The third-order valence-electron chi connectivity index (χ3n) is 4.38. The van der Waals surface area contributed by atoms with Crippen LogP contribution in [-0.2, 0) is 0 Å². The van der Waals surface area contributed by atoms with Gasteiger partial charge in [-0.05, 0) is 43.2 Å². The van der Waals surface area contributed by atoms with E-state index in [9.17, 15) is 10.1 Å². The predicted molar refractivity (Wildman–Crippen MR) is 77.4 cm³/mol. The van der Waals surface area contributed by atoms with Crippen molar-refractivity contribution in [3.05, 3.63) is 22.2 Å². The van der Waals surface area contributed by atoms with Crippen LogP contribution in [0.15, 0.2) is 16.8 Å². The number of fused-ring (bicyclic) bond motifs is 1. The fraction of sp³-hybridized carbons (Fsp3) is 0.538. The van der Waals surface area contributed by atoms with E-state index in [0.717, 1.165) is 31.6 Å². The third-order valence-corrected chi connectivity index (χ3v) is 4.38. The average molecular weight is 291 g/mol. The number of nitrogens with one attached hydrogen (secondary N) is 1. The molecule has 0 unspecified atom stereocenters. The minimum absolute atomic E-state index is 0.0768. The van der Waals surface area contributed by atoms with Gasteiger partial charge in [0, 0.05) is 24.7 Å². The van der Waals surface area contributed by atoms with E-state index in [0.29, 0.717) is 5.52 Å². The largest absolute Gasteiger partial charge is 0.369 e. The van der Waals surface area contributed by atoms with Gasteiger partial charge >= 0.3 is 5.69 Å². The summed E-state index contributed by atoms with van der Waals surface area (Å²) in [5.41, 5.74) is 1.57. The number of hydrogen-bond donors (Lipinski definition) is 1.